The number of nitrogens with zero attached hydrogens (tertiary/aromatic N) is 1. The molecule has 33 heavy (non-hydrogen) atoms. The van der Waals surface area contributed by atoms with E-state index in [1.165, 1.54) is 43.0 Å². The second kappa shape index (κ2) is 9.76. The molecule has 1 fully saturated rings. The average Bonchev–Trinajstić information content (AvgIpc) is 2.72. The SMILES string of the molecule is CC(C)S(=O)(=O)Nc1ccc(CNc2c(F)c(F)c(N3C[C@@H](C)O[C@@H](C)C3)c(F)c2F)cc1. The number of halogens is 4. The maximum Gasteiger partial charge on any atom is 0.235 e. The normalized spacial score (nSPS) is 19.1. The quantitative estimate of drug-likeness (QED) is 0.439. The highest BCUT2D eigenvalue weighted by molar-refractivity contribution is 7.93. The molecule has 0 amide bonds. The summed E-state index contributed by atoms with van der Waals surface area (Å²) in [5.74, 6) is -5.98. The minimum atomic E-state index is -3.52. The lowest BCUT2D eigenvalue weighted by molar-refractivity contribution is -0.00566. The van der Waals surface area contributed by atoms with Gasteiger partial charge in [0.15, 0.2) is 23.3 Å². The molecule has 1 aliphatic heterocycles. The number of rotatable bonds is 7. The van der Waals surface area contributed by atoms with Crippen molar-refractivity contribution in [3.05, 3.63) is 53.1 Å². The third-order valence-electron chi connectivity index (χ3n) is 5.28. The predicted molar refractivity (Wildman–Crippen MR) is 120 cm³/mol. The fraction of sp³-hybridized carbons (Fsp3) is 0.455. The van der Waals surface area contributed by atoms with Crippen molar-refractivity contribution in [2.75, 3.05) is 28.0 Å². The molecule has 2 aromatic rings. The molecule has 2 N–H and O–H groups in total. The number of anilines is 3. The number of sulfonamides is 1. The zero-order valence-corrected chi connectivity index (χ0v) is 19.6. The van der Waals surface area contributed by atoms with E-state index in [0.717, 1.165) is 0 Å². The van der Waals surface area contributed by atoms with Gasteiger partial charge in [0, 0.05) is 25.3 Å². The van der Waals surface area contributed by atoms with Gasteiger partial charge in [-0.1, -0.05) is 12.1 Å². The van der Waals surface area contributed by atoms with E-state index in [0.29, 0.717) is 11.3 Å². The van der Waals surface area contributed by atoms with Crippen LogP contribution in [0.3, 0.4) is 0 Å². The van der Waals surface area contributed by atoms with Gasteiger partial charge < -0.3 is 15.0 Å². The van der Waals surface area contributed by atoms with E-state index < -0.39 is 49.9 Å². The van der Waals surface area contributed by atoms with Crippen molar-refractivity contribution >= 4 is 27.1 Å². The van der Waals surface area contributed by atoms with E-state index in [4.69, 9.17) is 4.74 Å². The van der Waals surface area contributed by atoms with Crippen LogP contribution >= 0.6 is 0 Å². The maximum absolute atomic E-state index is 14.8. The summed E-state index contributed by atoms with van der Waals surface area (Å²) in [5, 5.41) is 1.78. The van der Waals surface area contributed by atoms with Crippen molar-refractivity contribution in [1.29, 1.82) is 0 Å². The number of morpholine rings is 1. The largest absolute Gasteiger partial charge is 0.376 e. The molecule has 1 heterocycles. The first-order chi connectivity index (χ1) is 15.4. The van der Waals surface area contributed by atoms with Crippen LogP contribution in [0.2, 0.25) is 0 Å². The van der Waals surface area contributed by atoms with Crippen LogP contribution in [0.15, 0.2) is 24.3 Å². The van der Waals surface area contributed by atoms with E-state index >= 15 is 0 Å². The van der Waals surface area contributed by atoms with E-state index in [1.54, 1.807) is 13.8 Å². The van der Waals surface area contributed by atoms with E-state index in [9.17, 15) is 26.0 Å². The van der Waals surface area contributed by atoms with Crippen LogP contribution in [0.5, 0.6) is 0 Å². The Labute approximate surface area is 191 Å². The van der Waals surface area contributed by atoms with Crippen LogP contribution in [0.1, 0.15) is 33.3 Å². The Morgan fingerprint density at radius 2 is 1.48 bits per heavy atom. The van der Waals surface area contributed by atoms with Crippen molar-refractivity contribution in [3.63, 3.8) is 0 Å². The first kappa shape index (κ1) is 25.1. The molecule has 0 aliphatic carbocycles. The Kier molecular flexibility index (Phi) is 7.42. The Bertz CT molecular complexity index is 1070. The molecule has 0 saturated carbocycles. The fourth-order valence-corrected chi connectivity index (χ4v) is 4.28. The molecule has 0 aromatic heterocycles. The summed E-state index contributed by atoms with van der Waals surface area (Å²) in [5.41, 5.74) is -0.825. The molecular weight excluding hydrogens is 462 g/mol. The molecule has 0 unspecified atom stereocenters. The lowest BCUT2D eigenvalue weighted by atomic mass is 10.1. The molecule has 182 valence electrons. The Balaban J connectivity index is 1.78. The number of ether oxygens (including phenoxy) is 1. The summed E-state index contributed by atoms with van der Waals surface area (Å²) in [6, 6.07) is 6.01. The van der Waals surface area contributed by atoms with Crippen molar-refractivity contribution in [2.45, 2.75) is 51.7 Å². The Hall–Kier alpha value is -2.53. The van der Waals surface area contributed by atoms with Crippen LogP contribution in [0.25, 0.3) is 0 Å². The number of nitrogens with one attached hydrogen (secondary N) is 2. The van der Waals surface area contributed by atoms with E-state index in [-0.39, 0.29) is 31.8 Å². The molecule has 2 atom stereocenters. The lowest BCUT2D eigenvalue weighted by Crippen LogP contribution is -2.46. The molecule has 1 saturated heterocycles. The number of benzene rings is 2. The topological polar surface area (TPSA) is 70.7 Å². The standard InChI is InChI=1S/C22H27F4N3O3S/c1-12(2)33(30,31)28-16-7-5-15(6-8-16)9-27-21-17(23)19(25)22(20(26)18(21)24)29-10-13(3)32-14(4)11-29/h5-8,12-14,27-28H,9-11H2,1-4H3/t13-,14+. The predicted octanol–water partition coefficient (Wildman–Crippen LogP) is 4.62. The molecule has 3 rings (SSSR count). The van der Waals surface area contributed by atoms with Crippen LogP contribution < -0.4 is 14.9 Å². The molecule has 1 aliphatic rings. The van der Waals surface area contributed by atoms with Gasteiger partial charge in [0.1, 0.15) is 11.4 Å². The van der Waals surface area contributed by atoms with Crippen LogP contribution in [0.4, 0.5) is 34.6 Å². The van der Waals surface area contributed by atoms with Gasteiger partial charge in [-0.3, -0.25) is 4.72 Å². The minimum absolute atomic E-state index is 0.0940. The zero-order chi connectivity index (χ0) is 24.5. The van der Waals surface area contributed by atoms with E-state index in [1.807, 2.05) is 0 Å². The molecule has 6 nitrogen and oxygen atoms in total. The monoisotopic (exact) mass is 489 g/mol. The summed E-state index contributed by atoms with van der Waals surface area (Å²) >= 11 is 0. The second-order valence-corrected chi connectivity index (χ2v) is 10.6. The maximum atomic E-state index is 14.8. The van der Waals surface area contributed by atoms with Gasteiger partial charge in [0.2, 0.25) is 10.0 Å². The van der Waals surface area contributed by atoms with Crippen LogP contribution in [-0.4, -0.2) is 39.0 Å². The van der Waals surface area contributed by atoms with Crippen LogP contribution in [-0.2, 0) is 21.3 Å². The fourth-order valence-electron chi connectivity index (χ4n) is 3.58. The summed E-state index contributed by atoms with van der Waals surface area (Å²) < 4.78 is 90.7. The van der Waals surface area contributed by atoms with Crippen molar-refractivity contribution in [2.24, 2.45) is 0 Å². The highest BCUT2D eigenvalue weighted by Crippen LogP contribution is 2.35. The molecular formula is C22H27F4N3O3S. The van der Waals surface area contributed by atoms with Crippen molar-refractivity contribution < 1.29 is 30.7 Å². The van der Waals surface area contributed by atoms with Gasteiger partial charge in [-0.15, -0.1) is 0 Å². The van der Waals surface area contributed by atoms with Gasteiger partial charge in [-0.25, -0.2) is 26.0 Å². The van der Waals surface area contributed by atoms with Gasteiger partial charge >= 0.3 is 0 Å². The lowest BCUT2D eigenvalue weighted by Gasteiger charge is -2.37. The highest BCUT2D eigenvalue weighted by atomic mass is 32.2. The minimum Gasteiger partial charge on any atom is -0.376 e. The summed E-state index contributed by atoms with van der Waals surface area (Å²) in [6.45, 7) is 6.53. The smallest absolute Gasteiger partial charge is 0.235 e. The third-order valence-corrected chi connectivity index (χ3v) is 7.04. The van der Waals surface area contributed by atoms with Gasteiger partial charge in [0.05, 0.1) is 17.5 Å². The van der Waals surface area contributed by atoms with Gasteiger partial charge in [0.25, 0.3) is 0 Å². The average molecular weight is 490 g/mol. The summed E-state index contributed by atoms with van der Waals surface area (Å²) in [7, 11) is -3.52. The first-order valence-corrected chi connectivity index (χ1v) is 12.1. The third kappa shape index (κ3) is 5.52. The van der Waals surface area contributed by atoms with Gasteiger partial charge in [-0.05, 0) is 45.4 Å². The molecule has 0 bridgehead atoms. The zero-order valence-electron chi connectivity index (χ0n) is 18.8. The van der Waals surface area contributed by atoms with Crippen LogP contribution in [0, 0.1) is 23.3 Å². The molecule has 11 heteroatoms. The molecule has 2 aromatic carbocycles. The van der Waals surface area contributed by atoms with E-state index in [2.05, 4.69) is 10.0 Å². The highest BCUT2D eigenvalue weighted by Gasteiger charge is 2.32. The van der Waals surface area contributed by atoms with Crippen molar-refractivity contribution in [1.82, 2.24) is 0 Å². The van der Waals surface area contributed by atoms with Gasteiger partial charge in [-0.2, -0.15) is 0 Å². The number of hydrogen-bond acceptors (Lipinski definition) is 5. The Morgan fingerprint density at radius 3 is 1.97 bits per heavy atom. The number of hydrogen-bond donors (Lipinski definition) is 2. The Morgan fingerprint density at radius 1 is 0.970 bits per heavy atom. The summed E-state index contributed by atoms with van der Waals surface area (Å²) in [6.07, 6.45) is -0.714. The first-order valence-electron chi connectivity index (χ1n) is 10.5. The van der Waals surface area contributed by atoms with Crippen molar-refractivity contribution in [3.8, 4) is 0 Å². The molecule has 0 spiro atoms. The summed E-state index contributed by atoms with van der Waals surface area (Å²) in [4.78, 5) is 1.25. The second-order valence-electron chi connectivity index (χ2n) is 8.39. The molecule has 0 radical (unpaired) electrons.